The molecule has 0 atom stereocenters. The van der Waals surface area contributed by atoms with E-state index < -0.39 is 0 Å². The Morgan fingerprint density at radius 3 is 2.73 bits per heavy atom. The molecule has 0 aliphatic heterocycles. The van der Waals surface area contributed by atoms with Gasteiger partial charge in [-0.15, -0.1) is 11.8 Å². The first-order valence-electron chi connectivity index (χ1n) is 3.47. The summed E-state index contributed by atoms with van der Waals surface area (Å²) in [6.45, 7) is 4.26. The average Bonchev–Trinajstić information content (AvgIpc) is 1.85. The summed E-state index contributed by atoms with van der Waals surface area (Å²) < 4.78 is 0. The fourth-order valence-corrected chi connectivity index (χ4v) is 1.70. The molecule has 0 aliphatic carbocycles. The Morgan fingerprint density at radius 2 is 2.18 bits per heavy atom. The SMILES string of the molecule is CC(C)Sc1cccc(Cl)n1. The predicted molar refractivity (Wildman–Crippen MR) is 50.2 cm³/mol. The van der Waals surface area contributed by atoms with Crippen molar-refractivity contribution in [2.75, 3.05) is 0 Å². The topological polar surface area (TPSA) is 12.9 Å². The van der Waals surface area contributed by atoms with Crippen LogP contribution in [0.5, 0.6) is 0 Å². The highest BCUT2D eigenvalue weighted by Gasteiger charge is 1.98. The minimum absolute atomic E-state index is 0.556. The number of nitrogens with zero attached hydrogens (tertiary/aromatic N) is 1. The van der Waals surface area contributed by atoms with Crippen LogP contribution in [0.2, 0.25) is 5.15 Å². The number of hydrogen-bond donors (Lipinski definition) is 0. The van der Waals surface area contributed by atoms with E-state index in [1.54, 1.807) is 17.8 Å². The summed E-state index contributed by atoms with van der Waals surface area (Å²) in [6, 6.07) is 5.67. The van der Waals surface area contributed by atoms with E-state index in [1.165, 1.54) is 0 Å². The van der Waals surface area contributed by atoms with Gasteiger partial charge in [0.05, 0.1) is 5.03 Å². The third kappa shape index (κ3) is 3.12. The Balaban J connectivity index is 2.71. The summed E-state index contributed by atoms with van der Waals surface area (Å²) in [5, 5.41) is 2.11. The molecule has 0 aliphatic rings. The minimum Gasteiger partial charge on any atom is -0.230 e. The first-order valence-corrected chi connectivity index (χ1v) is 4.73. The summed E-state index contributed by atoms with van der Waals surface area (Å²) in [7, 11) is 0. The monoisotopic (exact) mass is 187 g/mol. The van der Waals surface area contributed by atoms with Gasteiger partial charge in [-0.05, 0) is 12.1 Å². The van der Waals surface area contributed by atoms with Gasteiger partial charge in [-0.25, -0.2) is 4.98 Å². The zero-order valence-corrected chi connectivity index (χ0v) is 8.12. The Bertz CT molecular complexity index is 237. The van der Waals surface area contributed by atoms with Crippen molar-refractivity contribution >= 4 is 23.4 Å². The molecule has 0 aromatic carbocycles. The zero-order chi connectivity index (χ0) is 8.27. The van der Waals surface area contributed by atoms with Crippen molar-refractivity contribution in [2.45, 2.75) is 24.1 Å². The molecular weight excluding hydrogens is 178 g/mol. The van der Waals surface area contributed by atoms with Crippen LogP contribution in [0, 0.1) is 0 Å². The normalized spacial score (nSPS) is 10.5. The quantitative estimate of drug-likeness (QED) is 0.521. The van der Waals surface area contributed by atoms with Crippen molar-refractivity contribution < 1.29 is 0 Å². The van der Waals surface area contributed by atoms with Crippen molar-refractivity contribution in [1.29, 1.82) is 0 Å². The highest BCUT2D eigenvalue weighted by Crippen LogP contribution is 2.21. The summed E-state index contributed by atoms with van der Waals surface area (Å²) in [6.07, 6.45) is 0. The maximum atomic E-state index is 5.70. The van der Waals surface area contributed by atoms with Crippen LogP contribution in [0.25, 0.3) is 0 Å². The molecule has 0 unspecified atom stereocenters. The van der Waals surface area contributed by atoms with Crippen molar-refractivity contribution in [2.24, 2.45) is 0 Å². The molecule has 0 fully saturated rings. The van der Waals surface area contributed by atoms with Gasteiger partial charge in [-0.1, -0.05) is 31.5 Å². The molecule has 0 saturated carbocycles. The van der Waals surface area contributed by atoms with Crippen molar-refractivity contribution in [1.82, 2.24) is 4.98 Å². The van der Waals surface area contributed by atoms with E-state index in [2.05, 4.69) is 18.8 Å². The molecule has 1 heterocycles. The molecule has 11 heavy (non-hydrogen) atoms. The lowest BCUT2D eigenvalue weighted by atomic mass is 10.5. The lowest BCUT2D eigenvalue weighted by Gasteiger charge is -2.02. The van der Waals surface area contributed by atoms with Gasteiger partial charge in [0, 0.05) is 5.25 Å². The van der Waals surface area contributed by atoms with Gasteiger partial charge in [-0.3, -0.25) is 0 Å². The Morgan fingerprint density at radius 1 is 1.45 bits per heavy atom. The lowest BCUT2D eigenvalue weighted by Crippen LogP contribution is -1.88. The summed E-state index contributed by atoms with van der Waals surface area (Å²) in [5.41, 5.74) is 0. The summed E-state index contributed by atoms with van der Waals surface area (Å²) in [5.74, 6) is 0. The third-order valence-electron chi connectivity index (χ3n) is 1.05. The van der Waals surface area contributed by atoms with Gasteiger partial charge in [0.2, 0.25) is 0 Å². The Labute approximate surface area is 76.2 Å². The van der Waals surface area contributed by atoms with E-state index in [9.17, 15) is 0 Å². The third-order valence-corrected chi connectivity index (χ3v) is 2.20. The predicted octanol–water partition coefficient (Wildman–Crippen LogP) is 3.24. The van der Waals surface area contributed by atoms with E-state index in [-0.39, 0.29) is 0 Å². The second-order valence-corrected chi connectivity index (χ2v) is 4.45. The minimum atomic E-state index is 0.556. The number of halogens is 1. The van der Waals surface area contributed by atoms with Crippen molar-refractivity contribution in [3.63, 3.8) is 0 Å². The number of rotatable bonds is 2. The van der Waals surface area contributed by atoms with Gasteiger partial charge in [0.15, 0.2) is 0 Å². The molecule has 0 saturated heterocycles. The first kappa shape index (κ1) is 8.88. The van der Waals surface area contributed by atoms with Crippen LogP contribution < -0.4 is 0 Å². The van der Waals surface area contributed by atoms with Gasteiger partial charge in [0.1, 0.15) is 5.15 Å². The maximum absolute atomic E-state index is 5.70. The number of aromatic nitrogens is 1. The molecular formula is C8H10ClNS. The number of pyridine rings is 1. The maximum Gasteiger partial charge on any atom is 0.130 e. The van der Waals surface area contributed by atoms with E-state index in [4.69, 9.17) is 11.6 Å². The molecule has 0 spiro atoms. The smallest absolute Gasteiger partial charge is 0.130 e. The van der Waals surface area contributed by atoms with Crippen LogP contribution in [0.1, 0.15) is 13.8 Å². The fraction of sp³-hybridized carbons (Fsp3) is 0.375. The van der Waals surface area contributed by atoms with Crippen LogP contribution >= 0.6 is 23.4 Å². The Hall–Kier alpha value is -0.210. The largest absolute Gasteiger partial charge is 0.230 e. The average molecular weight is 188 g/mol. The Kier molecular flexibility index (Phi) is 3.21. The molecule has 1 aromatic heterocycles. The van der Waals surface area contributed by atoms with Crippen molar-refractivity contribution in [3.8, 4) is 0 Å². The lowest BCUT2D eigenvalue weighted by molar-refractivity contribution is 1.07. The standard InChI is InChI=1S/C8H10ClNS/c1-6(2)11-8-5-3-4-7(9)10-8/h3-6H,1-2H3. The van der Waals surface area contributed by atoms with Crippen LogP contribution in [0.15, 0.2) is 23.2 Å². The first-order chi connectivity index (χ1) is 5.18. The van der Waals surface area contributed by atoms with Crippen molar-refractivity contribution in [3.05, 3.63) is 23.4 Å². The molecule has 1 nitrogen and oxygen atoms in total. The van der Waals surface area contributed by atoms with E-state index >= 15 is 0 Å². The molecule has 1 aromatic rings. The van der Waals surface area contributed by atoms with Gasteiger partial charge >= 0.3 is 0 Å². The van der Waals surface area contributed by atoms with Gasteiger partial charge in [-0.2, -0.15) is 0 Å². The molecule has 0 radical (unpaired) electrons. The van der Waals surface area contributed by atoms with Crippen LogP contribution in [0.4, 0.5) is 0 Å². The molecule has 0 N–H and O–H groups in total. The number of thioether (sulfide) groups is 1. The molecule has 1 rings (SSSR count). The van der Waals surface area contributed by atoms with Gasteiger partial charge < -0.3 is 0 Å². The molecule has 60 valence electrons. The molecule has 3 heteroatoms. The van der Waals surface area contributed by atoms with Crippen LogP contribution in [-0.4, -0.2) is 10.2 Å². The summed E-state index contributed by atoms with van der Waals surface area (Å²) in [4.78, 5) is 4.14. The van der Waals surface area contributed by atoms with Crippen LogP contribution in [0.3, 0.4) is 0 Å². The highest BCUT2D eigenvalue weighted by molar-refractivity contribution is 7.99. The van der Waals surface area contributed by atoms with Gasteiger partial charge in [0.25, 0.3) is 0 Å². The second kappa shape index (κ2) is 3.98. The summed E-state index contributed by atoms with van der Waals surface area (Å²) >= 11 is 7.42. The second-order valence-electron chi connectivity index (χ2n) is 2.47. The highest BCUT2D eigenvalue weighted by atomic mass is 35.5. The van der Waals surface area contributed by atoms with Crippen LogP contribution in [-0.2, 0) is 0 Å². The molecule has 0 bridgehead atoms. The van der Waals surface area contributed by atoms with E-state index in [1.807, 2.05) is 12.1 Å². The number of hydrogen-bond acceptors (Lipinski definition) is 2. The molecule has 0 amide bonds. The van der Waals surface area contributed by atoms with E-state index in [0.29, 0.717) is 10.4 Å². The fourth-order valence-electron chi connectivity index (χ4n) is 0.697. The van der Waals surface area contributed by atoms with E-state index in [0.717, 1.165) is 5.03 Å². The zero-order valence-electron chi connectivity index (χ0n) is 6.54.